The molecule has 2 aliphatic heterocycles. The van der Waals surface area contributed by atoms with Gasteiger partial charge in [0, 0.05) is 38.1 Å². The van der Waals surface area contributed by atoms with Gasteiger partial charge in [0.25, 0.3) is 5.56 Å². The molecule has 1 fully saturated rings. The molecule has 1 saturated heterocycles. The summed E-state index contributed by atoms with van der Waals surface area (Å²) in [5.41, 5.74) is 1.25. The van der Waals surface area contributed by atoms with Crippen LogP contribution in [-0.4, -0.2) is 75.2 Å². The van der Waals surface area contributed by atoms with Crippen LogP contribution in [-0.2, 0) is 20.8 Å². The third-order valence-corrected chi connectivity index (χ3v) is 6.40. The molecule has 2 aliphatic rings. The summed E-state index contributed by atoms with van der Waals surface area (Å²) in [6, 6.07) is 3.30. The van der Waals surface area contributed by atoms with E-state index in [0.29, 0.717) is 18.7 Å². The molecule has 0 radical (unpaired) electrons. The lowest BCUT2D eigenvalue weighted by atomic mass is 9.64. The highest BCUT2D eigenvalue weighted by atomic mass is 16.5. The lowest BCUT2D eigenvalue weighted by Crippen LogP contribution is -2.58. The van der Waals surface area contributed by atoms with Gasteiger partial charge < -0.3 is 24.9 Å². The van der Waals surface area contributed by atoms with Crippen LogP contribution in [0.25, 0.3) is 0 Å². The summed E-state index contributed by atoms with van der Waals surface area (Å²) >= 11 is 0. The van der Waals surface area contributed by atoms with Gasteiger partial charge in [0.05, 0.1) is 11.9 Å². The van der Waals surface area contributed by atoms with Crippen molar-refractivity contribution in [2.45, 2.75) is 38.5 Å². The van der Waals surface area contributed by atoms with Gasteiger partial charge in [0.15, 0.2) is 5.78 Å². The van der Waals surface area contributed by atoms with E-state index in [0.717, 1.165) is 22.2 Å². The number of ketones is 1. The average Bonchev–Trinajstić information content (AvgIpc) is 2.85. The number of carbonyl (C=O) groups is 4. The number of hydrogen-bond donors (Lipinski definition) is 3. The Labute approximate surface area is 206 Å². The number of piperazine rings is 1. The number of para-hydroxylation sites is 1. The molecule has 2 aromatic rings. The van der Waals surface area contributed by atoms with E-state index in [2.05, 4.69) is 15.3 Å². The van der Waals surface area contributed by atoms with E-state index < -0.39 is 48.2 Å². The lowest BCUT2D eigenvalue weighted by Gasteiger charge is -2.33. The molecule has 2 atom stereocenters. The van der Waals surface area contributed by atoms with Crippen molar-refractivity contribution in [1.82, 2.24) is 25.1 Å². The molecule has 4 amide bonds. The summed E-state index contributed by atoms with van der Waals surface area (Å²) in [5.74, 6) is -2.34. The number of nitrogens with zero attached hydrogens (tertiary/aromatic N) is 3. The lowest BCUT2D eigenvalue weighted by molar-refractivity contribution is -0.153. The minimum absolute atomic E-state index is 0.0322. The first kappa shape index (κ1) is 25.1. The third kappa shape index (κ3) is 5.01. The SMILES string of the molecule is CCN1CCN(C(=O)NC(C(=O)C[C@H]2Cc3cccc(C)c3OB2O)c2c[nH]c(=O)cn2)C(=O)C1=O. The molecule has 12 nitrogen and oxygen atoms in total. The third-order valence-electron chi connectivity index (χ3n) is 6.40. The second kappa shape index (κ2) is 10.3. The van der Waals surface area contributed by atoms with Gasteiger partial charge in [-0.05, 0) is 31.4 Å². The maximum Gasteiger partial charge on any atom is 0.526 e. The second-order valence-electron chi connectivity index (χ2n) is 8.77. The normalized spacial score (nSPS) is 18.4. The topological polar surface area (TPSA) is 162 Å². The molecule has 36 heavy (non-hydrogen) atoms. The number of nitrogens with one attached hydrogen (secondary N) is 2. The Kier molecular flexibility index (Phi) is 7.20. The number of aromatic amines is 1. The number of amides is 4. The number of imide groups is 1. The van der Waals surface area contributed by atoms with E-state index in [9.17, 15) is 29.0 Å². The van der Waals surface area contributed by atoms with Crippen LogP contribution < -0.4 is 15.5 Å². The average molecular weight is 495 g/mol. The van der Waals surface area contributed by atoms with Crippen LogP contribution in [0.5, 0.6) is 5.75 Å². The quantitative estimate of drug-likeness (QED) is 0.372. The van der Waals surface area contributed by atoms with E-state index in [4.69, 9.17) is 4.65 Å². The zero-order chi connectivity index (χ0) is 26.0. The Morgan fingerprint density at radius 2 is 2.06 bits per heavy atom. The fourth-order valence-electron chi connectivity index (χ4n) is 4.39. The van der Waals surface area contributed by atoms with Crippen molar-refractivity contribution in [2.24, 2.45) is 0 Å². The standard InChI is InChI=1S/C23H26BN5O7/c1-3-28-7-8-29(22(33)21(28)32)23(34)27-19(16-11-26-18(31)12-25-16)17(30)10-15-9-14-6-4-5-13(2)20(14)36-24(15)35/h4-6,11-12,15,19,35H,3,7-10H2,1-2H3,(H,26,31)(H,27,34)/t15-,19?/m1/s1. The minimum atomic E-state index is -1.34. The summed E-state index contributed by atoms with van der Waals surface area (Å²) in [5, 5.41) is 13.0. The molecule has 1 aromatic heterocycles. The number of Topliss-reactive ketones (excluding diaryl/α,β-unsaturated/α-hetero) is 1. The zero-order valence-electron chi connectivity index (χ0n) is 19.9. The molecule has 0 spiro atoms. The van der Waals surface area contributed by atoms with E-state index >= 15 is 0 Å². The maximum absolute atomic E-state index is 13.4. The van der Waals surface area contributed by atoms with Gasteiger partial charge >= 0.3 is 25.0 Å². The number of rotatable bonds is 6. The molecule has 188 valence electrons. The van der Waals surface area contributed by atoms with Crippen molar-refractivity contribution in [3.63, 3.8) is 0 Å². The highest BCUT2D eigenvalue weighted by molar-refractivity contribution is 6.46. The highest BCUT2D eigenvalue weighted by Crippen LogP contribution is 2.36. The number of fused-ring (bicyclic) bond motifs is 1. The van der Waals surface area contributed by atoms with E-state index in [1.54, 1.807) is 6.92 Å². The van der Waals surface area contributed by atoms with Crippen molar-refractivity contribution in [1.29, 1.82) is 0 Å². The molecule has 0 bridgehead atoms. The maximum atomic E-state index is 13.4. The molecule has 1 aromatic carbocycles. The van der Waals surface area contributed by atoms with Gasteiger partial charge in [-0.3, -0.25) is 29.1 Å². The molecule has 4 rings (SSSR count). The fourth-order valence-corrected chi connectivity index (χ4v) is 4.39. The van der Waals surface area contributed by atoms with Crippen LogP contribution in [0.2, 0.25) is 5.82 Å². The van der Waals surface area contributed by atoms with Crippen molar-refractivity contribution < 1.29 is 28.9 Å². The molecule has 0 saturated carbocycles. The number of benzene rings is 1. The van der Waals surface area contributed by atoms with E-state index in [1.165, 1.54) is 11.1 Å². The molecule has 3 heterocycles. The largest absolute Gasteiger partial charge is 0.536 e. The first-order valence-electron chi connectivity index (χ1n) is 11.6. The van der Waals surface area contributed by atoms with Gasteiger partial charge in [-0.2, -0.15) is 0 Å². The van der Waals surface area contributed by atoms with Crippen LogP contribution in [0, 0.1) is 6.92 Å². The monoisotopic (exact) mass is 495 g/mol. The number of H-pyrrole nitrogens is 1. The van der Waals surface area contributed by atoms with Gasteiger partial charge in [-0.1, -0.05) is 18.2 Å². The first-order valence-corrected chi connectivity index (χ1v) is 11.6. The Bertz CT molecular complexity index is 1250. The highest BCUT2D eigenvalue weighted by Gasteiger charge is 2.40. The Morgan fingerprint density at radius 3 is 2.75 bits per heavy atom. The van der Waals surface area contributed by atoms with Crippen molar-refractivity contribution in [3.8, 4) is 5.75 Å². The Hall–Kier alpha value is -4.00. The van der Waals surface area contributed by atoms with Crippen LogP contribution in [0.1, 0.15) is 36.2 Å². The molecule has 3 N–H and O–H groups in total. The summed E-state index contributed by atoms with van der Waals surface area (Å²) in [6.07, 6.45) is 2.35. The fraction of sp³-hybridized carbons (Fsp3) is 0.391. The Morgan fingerprint density at radius 1 is 1.28 bits per heavy atom. The smallest absolute Gasteiger partial charge is 0.526 e. The van der Waals surface area contributed by atoms with E-state index in [-0.39, 0.29) is 25.2 Å². The predicted molar refractivity (Wildman–Crippen MR) is 127 cm³/mol. The summed E-state index contributed by atoms with van der Waals surface area (Å²) in [4.78, 5) is 71.0. The van der Waals surface area contributed by atoms with Crippen molar-refractivity contribution in [3.05, 3.63) is 57.8 Å². The molecule has 13 heteroatoms. The molecular formula is C23H26BN5O7. The molecular weight excluding hydrogens is 469 g/mol. The summed E-state index contributed by atoms with van der Waals surface area (Å²) in [7, 11) is -1.25. The minimum Gasteiger partial charge on any atom is -0.536 e. The number of carbonyl (C=O) groups excluding carboxylic acids is 4. The zero-order valence-corrected chi connectivity index (χ0v) is 19.9. The van der Waals surface area contributed by atoms with Gasteiger partial charge in [0.2, 0.25) is 0 Å². The van der Waals surface area contributed by atoms with Crippen molar-refractivity contribution in [2.75, 3.05) is 19.6 Å². The number of hydrogen-bond acceptors (Lipinski definition) is 8. The van der Waals surface area contributed by atoms with Crippen LogP contribution in [0.3, 0.4) is 0 Å². The number of aryl methyl sites for hydroxylation is 1. The van der Waals surface area contributed by atoms with Gasteiger partial charge in [-0.15, -0.1) is 0 Å². The molecule has 1 unspecified atom stereocenters. The predicted octanol–water partition coefficient (Wildman–Crippen LogP) is -0.0353. The van der Waals surface area contributed by atoms with Crippen LogP contribution >= 0.6 is 0 Å². The number of urea groups is 1. The molecule has 0 aliphatic carbocycles. The van der Waals surface area contributed by atoms with Gasteiger partial charge in [-0.25, -0.2) is 4.79 Å². The van der Waals surface area contributed by atoms with Crippen LogP contribution in [0.4, 0.5) is 4.79 Å². The Balaban J connectivity index is 1.54. The second-order valence-corrected chi connectivity index (χ2v) is 8.77. The van der Waals surface area contributed by atoms with Crippen LogP contribution in [0.15, 0.2) is 35.4 Å². The summed E-state index contributed by atoms with van der Waals surface area (Å²) < 4.78 is 5.66. The number of aromatic nitrogens is 2. The van der Waals surface area contributed by atoms with Gasteiger partial charge in [0.1, 0.15) is 11.8 Å². The summed E-state index contributed by atoms with van der Waals surface area (Å²) in [6.45, 7) is 4.05. The van der Waals surface area contributed by atoms with Crippen molar-refractivity contribution >= 4 is 30.7 Å². The van der Waals surface area contributed by atoms with E-state index in [1.807, 2.05) is 25.1 Å². The number of likely N-dealkylation sites (N-methyl/N-ethyl adjacent to an activating group) is 1. The first-order chi connectivity index (χ1) is 17.2.